The minimum absolute atomic E-state index is 0.0263. The fourth-order valence-corrected chi connectivity index (χ4v) is 2.58. The SMILES string of the molecule is CCn1c(SCC(=O)O)nnc1-c1cc(C)oc1C. The van der Waals surface area contributed by atoms with Gasteiger partial charge < -0.3 is 14.1 Å². The number of hydrogen-bond acceptors (Lipinski definition) is 5. The van der Waals surface area contributed by atoms with Gasteiger partial charge in [0.15, 0.2) is 11.0 Å². The van der Waals surface area contributed by atoms with E-state index in [0.717, 1.165) is 17.1 Å². The van der Waals surface area contributed by atoms with E-state index in [2.05, 4.69) is 10.2 Å². The monoisotopic (exact) mass is 281 g/mol. The van der Waals surface area contributed by atoms with Crippen molar-refractivity contribution in [1.29, 1.82) is 0 Å². The maximum absolute atomic E-state index is 10.6. The molecule has 0 aliphatic heterocycles. The first-order valence-corrected chi connectivity index (χ1v) is 6.86. The Morgan fingerprint density at radius 2 is 2.21 bits per heavy atom. The molecule has 0 spiro atoms. The van der Waals surface area contributed by atoms with E-state index < -0.39 is 5.97 Å². The lowest BCUT2D eigenvalue weighted by atomic mass is 10.2. The molecule has 102 valence electrons. The quantitative estimate of drug-likeness (QED) is 0.847. The minimum Gasteiger partial charge on any atom is -0.481 e. The molecular weight excluding hydrogens is 266 g/mol. The van der Waals surface area contributed by atoms with Crippen LogP contribution in [-0.2, 0) is 11.3 Å². The van der Waals surface area contributed by atoms with Crippen molar-refractivity contribution in [3.63, 3.8) is 0 Å². The second-order valence-electron chi connectivity index (χ2n) is 4.06. The van der Waals surface area contributed by atoms with Crippen LogP contribution in [0.4, 0.5) is 0 Å². The molecule has 0 aliphatic rings. The predicted molar refractivity (Wildman–Crippen MR) is 71.2 cm³/mol. The normalized spacial score (nSPS) is 10.9. The van der Waals surface area contributed by atoms with Crippen molar-refractivity contribution in [2.45, 2.75) is 32.5 Å². The molecule has 0 aliphatic carbocycles. The molecular formula is C12H15N3O3S. The van der Waals surface area contributed by atoms with E-state index in [1.165, 1.54) is 11.8 Å². The summed E-state index contributed by atoms with van der Waals surface area (Å²) in [6.45, 7) is 6.40. The van der Waals surface area contributed by atoms with E-state index in [0.29, 0.717) is 17.5 Å². The molecule has 0 atom stereocenters. The van der Waals surface area contributed by atoms with Crippen LogP contribution in [0.3, 0.4) is 0 Å². The Balaban J connectivity index is 2.36. The van der Waals surface area contributed by atoms with E-state index >= 15 is 0 Å². The molecule has 19 heavy (non-hydrogen) atoms. The first kappa shape index (κ1) is 13.7. The number of aromatic nitrogens is 3. The summed E-state index contributed by atoms with van der Waals surface area (Å²) in [4.78, 5) is 10.6. The number of aryl methyl sites for hydroxylation is 2. The summed E-state index contributed by atoms with van der Waals surface area (Å²) in [6.07, 6.45) is 0. The predicted octanol–water partition coefficient (Wildman–Crippen LogP) is 2.35. The highest BCUT2D eigenvalue weighted by atomic mass is 32.2. The number of carboxylic acid groups (broad SMARTS) is 1. The second kappa shape index (κ2) is 5.48. The molecule has 0 fully saturated rings. The average molecular weight is 281 g/mol. The number of carboxylic acids is 1. The molecule has 0 unspecified atom stereocenters. The standard InChI is InChI=1S/C12H15N3O3S/c1-4-15-11(9-5-7(2)18-8(9)3)13-14-12(15)19-6-10(16)17/h5H,4,6H2,1-3H3,(H,16,17). The average Bonchev–Trinajstić information content (AvgIpc) is 2.89. The Kier molecular flexibility index (Phi) is 3.94. The van der Waals surface area contributed by atoms with Crippen LogP contribution < -0.4 is 0 Å². The van der Waals surface area contributed by atoms with Gasteiger partial charge in [-0.05, 0) is 26.8 Å². The first-order valence-electron chi connectivity index (χ1n) is 5.88. The van der Waals surface area contributed by atoms with Crippen molar-refractivity contribution < 1.29 is 14.3 Å². The molecule has 6 nitrogen and oxygen atoms in total. The highest BCUT2D eigenvalue weighted by Gasteiger charge is 2.17. The summed E-state index contributed by atoms with van der Waals surface area (Å²) in [5.74, 6) is 1.42. The van der Waals surface area contributed by atoms with E-state index in [-0.39, 0.29) is 5.75 Å². The largest absolute Gasteiger partial charge is 0.481 e. The Hall–Kier alpha value is -1.76. The first-order chi connectivity index (χ1) is 9.02. The van der Waals surface area contributed by atoms with Gasteiger partial charge in [-0.1, -0.05) is 11.8 Å². The van der Waals surface area contributed by atoms with E-state index in [4.69, 9.17) is 9.52 Å². The topological polar surface area (TPSA) is 81.2 Å². The van der Waals surface area contributed by atoms with Gasteiger partial charge in [0.05, 0.1) is 11.3 Å². The van der Waals surface area contributed by atoms with Gasteiger partial charge in [0.2, 0.25) is 0 Å². The lowest BCUT2D eigenvalue weighted by Crippen LogP contribution is -2.03. The molecule has 0 bridgehead atoms. The number of nitrogens with zero attached hydrogens (tertiary/aromatic N) is 3. The number of aliphatic carboxylic acids is 1. The highest BCUT2D eigenvalue weighted by molar-refractivity contribution is 7.99. The summed E-state index contributed by atoms with van der Waals surface area (Å²) in [7, 11) is 0. The molecule has 0 radical (unpaired) electrons. The van der Waals surface area contributed by atoms with Crippen LogP contribution in [0, 0.1) is 13.8 Å². The summed E-state index contributed by atoms with van der Waals surface area (Å²) in [5, 5.41) is 17.5. The van der Waals surface area contributed by atoms with Crippen LogP contribution in [-0.4, -0.2) is 31.6 Å². The fourth-order valence-electron chi connectivity index (χ4n) is 1.86. The lowest BCUT2D eigenvalue weighted by molar-refractivity contribution is -0.133. The van der Waals surface area contributed by atoms with E-state index in [1.807, 2.05) is 31.4 Å². The van der Waals surface area contributed by atoms with Gasteiger partial charge in [-0.15, -0.1) is 10.2 Å². The van der Waals surface area contributed by atoms with E-state index in [1.54, 1.807) is 0 Å². The smallest absolute Gasteiger partial charge is 0.313 e. The van der Waals surface area contributed by atoms with Crippen LogP contribution in [0.1, 0.15) is 18.4 Å². The van der Waals surface area contributed by atoms with Crippen LogP contribution in [0.5, 0.6) is 0 Å². The number of rotatable bonds is 5. The van der Waals surface area contributed by atoms with Crippen molar-refractivity contribution in [2.24, 2.45) is 0 Å². The van der Waals surface area contributed by atoms with Crippen LogP contribution >= 0.6 is 11.8 Å². The number of hydrogen-bond donors (Lipinski definition) is 1. The van der Waals surface area contributed by atoms with Crippen molar-refractivity contribution >= 4 is 17.7 Å². The Bertz CT molecular complexity index is 603. The van der Waals surface area contributed by atoms with Crippen LogP contribution in [0.15, 0.2) is 15.6 Å². The number of furan rings is 1. The van der Waals surface area contributed by atoms with Gasteiger partial charge in [0, 0.05) is 6.54 Å². The molecule has 0 aromatic carbocycles. The highest BCUT2D eigenvalue weighted by Crippen LogP contribution is 2.28. The summed E-state index contributed by atoms with van der Waals surface area (Å²) >= 11 is 1.17. The molecule has 0 saturated carbocycles. The van der Waals surface area contributed by atoms with Crippen molar-refractivity contribution in [3.8, 4) is 11.4 Å². The maximum Gasteiger partial charge on any atom is 0.313 e. The summed E-state index contributed by atoms with van der Waals surface area (Å²) < 4.78 is 7.39. The van der Waals surface area contributed by atoms with Gasteiger partial charge in [0.1, 0.15) is 11.5 Å². The lowest BCUT2D eigenvalue weighted by Gasteiger charge is -2.05. The van der Waals surface area contributed by atoms with Gasteiger partial charge in [-0.2, -0.15) is 0 Å². The maximum atomic E-state index is 10.6. The van der Waals surface area contributed by atoms with Crippen LogP contribution in [0.2, 0.25) is 0 Å². The molecule has 2 aromatic rings. The molecule has 2 aromatic heterocycles. The van der Waals surface area contributed by atoms with Gasteiger partial charge in [0.25, 0.3) is 0 Å². The Labute approximate surface area is 114 Å². The minimum atomic E-state index is -0.868. The molecule has 0 saturated heterocycles. The van der Waals surface area contributed by atoms with Crippen molar-refractivity contribution in [3.05, 3.63) is 17.6 Å². The summed E-state index contributed by atoms with van der Waals surface area (Å²) in [5.41, 5.74) is 0.897. The van der Waals surface area contributed by atoms with Gasteiger partial charge in [-0.25, -0.2) is 0 Å². The zero-order valence-electron chi connectivity index (χ0n) is 11.0. The van der Waals surface area contributed by atoms with Gasteiger partial charge >= 0.3 is 5.97 Å². The zero-order valence-corrected chi connectivity index (χ0v) is 11.8. The molecule has 7 heteroatoms. The third-order valence-electron chi connectivity index (χ3n) is 2.64. The number of thioether (sulfide) groups is 1. The van der Waals surface area contributed by atoms with Crippen LogP contribution in [0.25, 0.3) is 11.4 Å². The van der Waals surface area contributed by atoms with Crippen molar-refractivity contribution in [1.82, 2.24) is 14.8 Å². The molecule has 2 rings (SSSR count). The third-order valence-corrected chi connectivity index (χ3v) is 3.59. The zero-order chi connectivity index (χ0) is 14.0. The molecule has 2 heterocycles. The Morgan fingerprint density at radius 1 is 1.47 bits per heavy atom. The van der Waals surface area contributed by atoms with Gasteiger partial charge in [-0.3, -0.25) is 4.79 Å². The number of carbonyl (C=O) groups is 1. The summed E-state index contributed by atoms with van der Waals surface area (Å²) in [6, 6.07) is 1.91. The Morgan fingerprint density at radius 3 is 2.74 bits per heavy atom. The molecule has 0 amide bonds. The second-order valence-corrected chi connectivity index (χ2v) is 5.00. The van der Waals surface area contributed by atoms with E-state index in [9.17, 15) is 4.79 Å². The third kappa shape index (κ3) is 2.81. The molecule has 1 N–H and O–H groups in total. The fraction of sp³-hybridized carbons (Fsp3) is 0.417. The van der Waals surface area contributed by atoms with Crippen molar-refractivity contribution in [2.75, 3.05) is 5.75 Å².